The number of hydrogen-bond acceptors (Lipinski definition) is 7. The van der Waals surface area contributed by atoms with Crippen LogP contribution in [-0.2, 0) is 7.05 Å². The van der Waals surface area contributed by atoms with E-state index in [-0.39, 0.29) is 18.5 Å². The van der Waals surface area contributed by atoms with E-state index in [1.165, 1.54) is 6.20 Å². The first kappa shape index (κ1) is 26.2. The molecular formula is C24H32ClN7O3. The van der Waals surface area contributed by atoms with Gasteiger partial charge in [0.05, 0.1) is 28.4 Å². The number of aryl methyl sites for hydroxylation is 2. The fraction of sp³-hybridized carbons (Fsp3) is 0.417. The molecule has 1 aliphatic rings. The van der Waals surface area contributed by atoms with E-state index >= 15 is 0 Å². The van der Waals surface area contributed by atoms with Gasteiger partial charge < -0.3 is 19.9 Å². The van der Waals surface area contributed by atoms with Crippen molar-refractivity contribution in [3.05, 3.63) is 41.7 Å². The van der Waals surface area contributed by atoms with Crippen LogP contribution in [0.5, 0.6) is 5.75 Å². The Morgan fingerprint density at radius 2 is 1.83 bits per heavy atom. The van der Waals surface area contributed by atoms with E-state index in [0.29, 0.717) is 22.6 Å². The predicted molar refractivity (Wildman–Crippen MR) is 139 cm³/mol. The van der Waals surface area contributed by atoms with Gasteiger partial charge in [0.25, 0.3) is 5.91 Å². The molecule has 10 nitrogen and oxygen atoms in total. The molecule has 3 heterocycles. The minimum atomic E-state index is -0.626. The molecular weight excluding hydrogens is 470 g/mol. The van der Waals surface area contributed by atoms with Gasteiger partial charge in [-0.3, -0.25) is 14.8 Å². The van der Waals surface area contributed by atoms with Crippen LogP contribution >= 0.6 is 12.4 Å². The maximum absolute atomic E-state index is 13.2. The van der Waals surface area contributed by atoms with E-state index in [2.05, 4.69) is 37.6 Å². The van der Waals surface area contributed by atoms with Gasteiger partial charge in [-0.2, -0.15) is 5.10 Å². The quantitative estimate of drug-likeness (QED) is 0.553. The third kappa shape index (κ3) is 5.83. The van der Waals surface area contributed by atoms with Crippen molar-refractivity contribution in [1.82, 2.24) is 25.0 Å². The van der Waals surface area contributed by atoms with Gasteiger partial charge in [-0.05, 0) is 40.0 Å². The van der Waals surface area contributed by atoms with Gasteiger partial charge in [-0.25, -0.2) is 9.78 Å². The lowest BCUT2D eigenvalue weighted by atomic mass is 10.1. The number of imide groups is 1. The van der Waals surface area contributed by atoms with E-state index < -0.39 is 11.9 Å². The van der Waals surface area contributed by atoms with Crippen LogP contribution in [0.2, 0.25) is 0 Å². The molecule has 0 unspecified atom stereocenters. The van der Waals surface area contributed by atoms with Crippen molar-refractivity contribution >= 4 is 46.8 Å². The van der Waals surface area contributed by atoms with Crippen molar-refractivity contribution in [2.45, 2.75) is 26.9 Å². The highest BCUT2D eigenvalue weighted by Crippen LogP contribution is 2.32. The molecule has 188 valence electrons. The molecule has 2 N–H and O–H groups in total. The Labute approximate surface area is 211 Å². The number of urea groups is 1. The fourth-order valence-electron chi connectivity index (χ4n) is 4.17. The van der Waals surface area contributed by atoms with Gasteiger partial charge >= 0.3 is 6.03 Å². The average Bonchev–Trinajstić information content (AvgIpc) is 3.07. The number of pyridine rings is 1. The van der Waals surface area contributed by atoms with Crippen LogP contribution < -0.4 is 20.3 Å². The fourth-order valence-corrected chi connectivity index (χ4v) is 4.17. The molecule has 4 rings (SSSR count). The first-order valence-corrected chi connectivity index (χ1v) is 11.4. The highest BCUT2D eigenvalue weighted by Gasteiger charge is 2.26. The average molecular weight is 502 g/mol. The summed E-state index contributed by atoms with van der Waals surface area (Å²) in [6.07, 6.45) is 1.54. The van der Waals surface area contributed by atoms with Crippen molar-refractivity contribution in [2.24, 2.45) is 7.05 Å². The molecule has 0 atom stereocenters. The van der Waals surface area contributed by atoms with Crippen LogP contribution in [0.15, 0.2) is 30.5 Å². The lowest BCUT2D eigenvalue weighted by Crippen LogP contribution is -2.45. The van der Waals surface area contributed by atoms with Crippen molar-refractivity contribution in [2.75, 3.05) is 43.4 Å². The number of halogens is 1. The largest absolute Gasteiger partial charge is 0.491 e. The van der Waals surface area contributed by atoms with Gasteiger partial charge in [0.1, 0.15) is 5.75 Å². The molecule has 0 saturated carbocycles. The van der Waals surface area contributed by atoms with Gasteiger partial charge in [0.15, 0.2) is 5.65 Å². The number of piperazine rings is 1. The van der Waals surface area contributed by atoms with Crippen LogP contribution in [0.4, 0.5) is 16.2 Å². The maximum atomic E-state index is 13.2. The van der Waals surface area contributed by atoms with Crippen molar-refractivity contribution < 1.29 is 14.3 Å². The zero-order valence-electron chi connectivity index (χ0n) is 20.7. The number of nitrogens with one attached hydrogen (secondary N) is 2. The minimum Gasteiger partial charge on any atom is -0.491 e. The van der Waals surface area contributed by atoms with Crippen LogP contribution in [0.25, 0.3) is 11.0 Å². The van der Waals surface area contributed by atoms with Gasteiger partial charge in [-0.1, -0.05) is 6.07 Å². The maximum Gasteiger partial charge on any atom is 0.326 e. The number of nitrogens with zero attached hydrogens (tertiary/aromatic N) is 5. The lowest BCUT2D eigenvalue weighted by molar-refractivity contribution is 0.0967. The summed E-state index contributed by atoms with van der Waals surface area (Å²) < 4.78 is 7.38. The summed E-state index contributed by atoms with van der Waals surface area (Å²) in [7, 11) is 3.91. The second-order valence-electron chi connectivity index (χ2n) is 8.82. The van der Waals surface area contributed by atoms with E-state index in [4.69, 9.17) is 4.74 Å². The van der Waals surface area contributed by atoms with Crippen molar-refractivity contribution in [1.29, 1.82) is 0 Å². The predicted octanol–water partition coefficient (Wildman–Crippen LogP) is 3.20. The van der Waals surface area contributed by atoms with E-state index in [1.807, 2.05) is 33.9 Å². The molecule has 1 aliphatic heterocycles. The molecule has 3 amide bonds. The van der Waals surface area contributed by atoms with Gasteiger partial charge in [0.2, 0.25) is 0 Å². The number of carbonyl (C=O) groups excluding carboxylic acids is 2. The zero-order chi connectivity index (χ0) is 24.4. The Morgan fingerprint density at radius 3 is 2.51 bits per heavy atom. The van der Waals surface area contributed by atoms with Gasteiger partial charge in [0, 0.05) is 51.2 Å². The number of ether oxygens (including phenoxy) is 1. The van der Waals surface area contributed by atoms with E-state index in [9.17, 15) is 9.59 Å². The summed E-state index contributed by atoms with van der Waals surface area (Å²) in [5.41, 5.74) is 3.13. The SMILES string of the molecule is Cc1nn(C)c2ncc(C(=O)NC(=O)Nc3cccc(OC(C)C)c3)c(N3CCN(C)CC3)c12.Cl. The minimum absolute atomic E-state index is 0. The molecule has 0 radical (unpaired) electrons. The zero-order valence-corrected chi connectivity index (χ0v) is 21.5. The molecule has 2 aromatic heterocycles. The molecule has 1 aromatic carbocycles. The summed E-state index contributed by atoms with van der Waals surface area (Å²) in [6, 6.07) is 6.42. The van der Waals surface area contributed by atoms with Gasteiger partial charge in [-0.15, -0.1) is 12.4 Å². The van der Waals surface area contributed by atoms with E-state index in [1.54, 1.807) is 22.9 Å². The number of fused-ring (bicyclic) bond motifs is 1. The standard InChI is InChI=1S/C24H31N7O3.ClH/c1-15(2)34-18-8-6-7-17(13-18)26-24(33)27-23(32)19-14-25-22-20(16(3)28-30(22)5)21(19)31-11-9-29(4)10-12-31;/h6-8,13-15H,9-12H2,1-5H3,(H2,26,27,32,33);1H. The van der Waals surface area contributed by atoms with Crippen LogP contribution in [-0.4, -0.2) is 70.9 Å². The van der Waals surface area contributed by atoms with E-state index in [0.717, 1.165) is 42.9 Å². The third-order valence-corrected chi connectivity index (χ3v) is 5.75. The second kappa shape index (κ2) is 10.9. The Hall–Kier alpha value is -3.37. The summed E-state index contributed by atoms with van der Waals surface area (Å²) in [5, 5.41) is 10.5. The summed E-state index contributed by atoms with van der Waals surface area (Å²) >= 11 is 0. The van der Waals surface area contributed by atoms with Crippen LogP contribution in [0.3, 0.4) is 0 Å². The third-order valence-electron chi connectivity index (χ3n) is 5.75. The Kier molecular flexibility index (Phi) is 8.18. The number of anilines is 2. The van der Waals surface area contributed by atoms with Crippen LogP contribution in [0, 0.1) is 6.92 Å². The lowest BCUT2D eigenvalue weighted by Gasteiger charge is -2.35. The number of amides is 3. The molecule has 0 bridgehead atoms. The Bertz CT molecular complexity index is 1220. The molecule has 0 aliphatic carbocycles. The van der Waals surface area contributed by atoms with Crippen molar-refractivity contribution in [3.8, 4) is 5.75 Å². The molecule has 0 spiro atoms. The first-order chi connectivity index (χ1) is 16.2. The Morgan fingerprint density at radius 1 is 1.11 bits per heavy atom. The number of hydrogen-bond donors (Lipinski definition) is 2. The number of carbonyl (C=O) groups is 2. The molecule has 35 heavy (non-hydrogen) atoms. The number of likely N-dealkylation sites (N-methyl/N-ethyl adjacent to an activating group) is 1. The molecule has 3 aromatic rings. The molecule has 1 fully saturated rings. The Balaban J connectivity index is 0.00000342. The van der Waals surface area contributed by atoms with Crippen LogP contribution in [0.1, 0.15) is 29.9 Å². The number of aromatic nitrogens is 3. The highest BCUT2D eigenvalue weighted by molar-refractivity contribution is 6.13. The normalized spacial score (nSPS) is 14.1. The summed E-state index contributed by atoms with van der Waals surface area (Å²) in [4.78, 5) is 34.8. The smallest absolute Gasteiger partial charge is 0.326 e. The number of rotatable bonds is 5. The number of benzene rings is 1. The monoisotopic (exact) mass is 501 g/mol. The van der Waals surface area contributed by atoms with Crippen molar-refractivity contribution in [3.63, 3.8) is 0 Å². The second-order valence-corrected chi connectivity index (χ2v) is 8.82. The summed E-state index contributed by atoms with van der Waals surface area (Å²) in [6.45, 7) is 9.04. The molecule has 1 saturated heterocycles. The summed E-state index contributed by atoms with van der Waals surface area (Å²) in [5.74, 6) is 0.122. The first-order valence-electron chi connectivity index (χ1n) is 11.4. The highest BCUT2D eigenvalue weighted by atomic mass is 35.5. The molecule has 11 heteroatoms. The topological polar surface area (TPSA) is 105 Å².